The van der Waals surface area contributed by atoms with E-state index in [-0.39, 0.29) is 31.1 Å². The van der Waals surface area contributed by atoms with Gasteiger partial charge in [0.05, 0.1) is 0 Å². The first kappa shape index (κ1) is 16.8. The maximum absolute atomic E-state index is 12.9. The van der Waals surface area contributed by atoms with Gasteiger partial charge in [-0.3, -0.25) is 4.79 Å². The van der Waals surface area contributed by atoms with Gasteiger partial charge in [0, 0.05) is 43.7 Å². The molecular formula is C20H26F2N2O. The molecule has 1 heterocycles. The lowest BCUT2D eigenvalue weighted by Gasteiger charge is -2.34. The molecule has 0 unspecified atom stereocenters. The van der Waals surface area contributed by atoms with E-state index in [0.717, 1.165) is 29.9 Å². The van der Waals surface area contributed by atoms with Crippen LogP contribution >= 0.6 is 0 Å². The minimum absolute atomic E-state index is 0.155. The summed E-state index contributed by atoms with van der Waals surface area (Å²) in [6.45, 7) is 6.27. The summed E-state index contributed by atoms with van der Waals surface area (Å²) in [6, 6.07) is 4.28. The van der Waals surface area contributed by atoms with Crippen molar-refractivity contribution in [2.45, 2.75) is 58.3 Å². The van der Waals surface area contributed by atoms with E-state index in [1.54, 1.807) is 0 Å². The number of carbonyl (C=O) groups excluding carboxylic acids is 1. The summed E-state index contributed by atoms with van der Waals surface area (Å²) in [5.74, 6) is -2.90. The largest absolute Gasteiger partial charge is 0.371 e. The van der Waals surface area contributed by atoms with E-state index in [1.807, 2.05) is 13.8 Å². The van der Waals surface area contributed by atoms with Crippen LogP contribution in [0, 0.1) is 25.2 Å². The molecule has 3 aliphatic rings. The topological polar surface area (TPSA) is 32.3 Å². The molecule has 2 aliphatic carbocycles. The first-order chi connectivity index (χ1) is 11.8. The predicted octanol–water partition coefficient (Wildman–Crippen LogP) is 4.67. The molecule has 0 aromatic heterocycles. The summed E-state index contributed by atoms with van der Waals surface area (Å²) >= 11 is 0. The summed E-state index contributed by atoms with van der Waals surface area (Å²) in [5.41, 5.74) is 4.73. The Labute approximate surface area is 147 Å². The quantitative estimate of drug-likeness (QED) is 0.858. The number of hydrogen-bond donors (Lipinski definition) is 1. The van der Waals surface area contributed by atoms with Crippen LogP contribution < -0.4 is 10.2 Å². The molecule has 0 atom stereocenters. The number of rotatable bonds is 4. The van der Waals surface area contributed by atoms with Gasteiger partial charge in [-0.25, -0.2) is 8.78 Å². The monoisotopic (exact) mass is 348 g/mol. The van der Waals surface area contributed by atoms with Gasteiger partial charge < -0.3 is 10.2 Å². The van der Waals surface area contributed by atoms with E-state index in [1.165, 1.54) is 24.9 Å². The van der Waals surface area contributed by atoms with Crippen molar-refractivity contribution in [2.75, 3.05) is 23.3 Å². The smallest absolute Gasteiger partial charge is 0.248 e. The fourth-order valence-electron chi connectivity index (χ4n) is 4.44. The van der Waals surface area contributed by atoms with Crippen LogP contribution in [-0.2, 0) is 4.79 Å². The number of halogens is 2. The second-order valence-electron chi connectivity index (χ2n) is 8.51. The molecule has 1 aromatic carbocycles. The van der Waals surface area contributed by atoms with Crippen molar-refractivity contribution < 1.29 is 13.6 Å². The van der Waals surface area contributed by atoms with Crippen LogP contribution in [0.4, 0.5) is 20.2 Å². The SMILES string of the molecule is Cc1cc(N2CCC3(CC3)C2)cc(C)c1NC(=O)CC1CC(F)(F)C1. The summed E-state index contributed by atoms with van der Waals surface area (Å²) in [6.07, 6.45) is 3.87. The second kappa shape index (κ2) is 5.68. The number of anilines is 2. The molecular weight excluding hydrogens is 322 g/mol. The summed E-state index contributed by atoms with van der Waals surface area (Å²) < 4.78 is 25.8. The molecule has 136 valence electrons. The van der Waals surface area contributed by atoms with Crippen LogP contribution in [0.25, 0.3) is 0 Å². The lowest BCUT2D eigenvalue weighted by Crippen LogP contribution is -2.37. The number of alkyl halides is 2. The van der Waals surface area contributed by atoms with Crippen molar-refractivity contribution in [2.24, 2.45) is 11.3 Å². The van der Waals surface area contributed by atoms with E-state index in [0.29, 0.717) is 5.41 Å². The van der Waals surface area contributed by atoms with Crippen molar-refractivity contribution in [3.05, 3.63) is 23.3 Å². The molecule has 5 heteroatoms. The molecule has 1 N–H and O–H groups in total. The molecule has 4 rings (SSSR count). The Hall–Kier alpha value is -1.65. The Morgan fingerprint density at radius 2 is 1.84 bits per heavy atom. The van der Waals surface area contributed by atoms with Gasteiger partial charge in [0.2, 0.25) is 11.8 Å². The Bertz CT molecular complexity index is 681. The van der Waals surface area contributed by atoms with Gasteiger partial charge in [0.25, 0.3) is 0 Å². The van der Waals surface area contributed by atoms with E-state index in [9.17, 15) is 13.6 Å². The van der Waals surface area contributed by atoms with E-state index < -0.39 is 5.92 Å². The van der Waals surface area contributed by atoms with E-state index in [2.05, 4.69) is 22.3 Å². The second-order valence-corrected chi connectivity index (χ2v) is 8.51. The molecule has 1 aromatic rings. The van der Waals surface area contributed by atoms with E-state index >= 15 is 0 Å². The molecule has 3 fully saturated rings. The highest BCUT2D eigenvalue weighted by atomic mass is 19.3. The van der Waals surface area contributed by atoms with Gasteiger partial charge in [-0.05, 0) is 67.7 Å². The molecule has 1 spiro atoms. The number of nitrogens with zero attached hydrogens (tertiary/aromatic N) is 1. The third kappa shape index (κ3) is 3.38. The molecule has 1 saturated heterocycles. The number of amides is 1. The zero-order valence-electron chi connectivity index (χ0n) is 15.0. The Morgan fingerprint density at radius 1 is 1.20 bits per heavy atom. The highest BCUT2D eigenvalue weighted by Gasteiger charge is 2.48. The molecule has 25 heavy (non-hydrogen) atoms. The van der Waals surface area contributed by atoms with E-state index in [4.69, 9.17) is 0 Å². The van der Waals surface area contributed by atoms with Gasteiger partial charge in [-0.1, -0.05) is 0 Å². The molecule has 0 bridgehead atoms. The van der Waals surface area contributed by atoms with Gasteiger partial charge >= 0.3 is 0 Å². The number of benzene rings is 1. The lowest BCUT2D eigenvalue weighted by atomic mass is 9.79. The number of aryl methyl sites for hydroxylation is 2. The fraction of sp³-hybridized carbons (Fsp3) is 0.650. The first-order valence-electron chi connectivity index (χ1n) is 9.29. The molecule has 0 radical (unpaired) electrons. The normalized spacial score (nSPS) is 23.6. The summed E-state index contributed by atoms with van der Waals surface area (Å²) in [7, 11) is 0. The first-order valence-corrected chi connectivity index (χ1v) is 9.29. The third-order valence-electron chi connectivity index (χ3n) is 6.19. The van der Waals surface area contributed by atoms with Crippen molar-refractivity contribution in [1.82, 2.24) is 0 Å². The maximum atomic E-state index is 12.9. The van der Waals surface area contributed by atoms with Crippen LogP contribution in [0.3, 0.4) is 0 Å². The van der Waals surface area contributed by atoms with Crippen molar-refractivity contribution >= 4 is 17.3 Å². The van der Waals surface area contributed by atoms with Gasteiger partial charge in [-0.2, -0.15) is 0 Å². The average molecular weight is 348 g/mol. The van der Waals surface area contributed by atoms with Gasteiger partial charge in [0.1, 0.15) is 0 Å². The fourth-order valence-corrected chi connectivity index (χ4v) is 4.44. The maximum Gasteiger partial charge on any atom is 0.248 e. The summed E-state index contributed by atoms with van der Waals surface area (Å²) in [5, 5.41) is 2.95. The molecule has 1 aliphatic heterocycles. The minimum atomic E-state index is -2.56. The van der Waals surface area contributed by atoms with Gasteiger partial charge in [0.15, 0.2) is 0 Å². The molecule has 1 amide bonds. The van der Waals surface area contributed by atoms with Crippen molar-refractivity contribution in [1.29, 1.82) is 0 Å². The van der Waals surface area contributed by atoms with Gasteiger partial charge in [-0.15, -0.1) is 0 Å². The zero-order chi connectivity index (χ0) is 17.8. The Balaban J connectivity index is 1.41. The minimum Gasteiger partial charge on any atom is -0.371 e. The number of nitrogens with one attached hydrogen (secondary N) is 1. The highest BCUT2D eigenvalue weighted by Crippen LogP contribution is 2.53. The molecule has 2 saturated carbocycles. The Morgan fingerprint density at radius 3 is 2.36 bits per heavy atom. The number of carbonyl (C=O) groups is 1. The van der Waals surface area contributed by atoms with Crippen molar-refractivity contribution in [3.63, 3.8) is 0 Å². The van der Waals surface area contributed by atoms with Crippen LogP contribution in [0.2, 0.25) is 0 Å². The van der Waals surface area contributed by atoms with Crippen LogP contribution in [0.5, 0.6) is 0 Å². The highest BCUT2D eigenvalue weighted by molar-refractivity contribution is 5.93. The average Bonchev–Trinajstić information content (AvgIpc) is 3.10. The zero-order valence-corrected chi connectivity index (χ0v) is 15.0. The standard InChI is InChI=1S/C20H26F2N2O/c1-13-7-16(24-6-5-19(12-24)3-4-19)8-14(2)18(13)23-17(25)9-15-10-20(21,22)11-15/h7-8,15H,3-6,9-12H2,1-2H3,(H,23,25). The van der Waals surface area contributed by atoms with Crippen LogP contribution in [-0.4, -0.2) is 24.9 Å². The van der Waals surface area contributed by atoms with Crippen LogP contribution in [0.1, 0.15) is 49.7 Å². The number of hydrogen-bond acceptors (Lipinski definition) is 2. The lowest BCUT2D eigenvalue weighted by molar-refractivity contribution is -0.129. The predicted molar refractivity (Wildman–Crippen MR) is 95.3 cm³/mol. The summed E-state index contributed by atoms with van der Waals surface area (Å²) in [4.78, 5) is 14.7. The Kier molecular flexibility index (Phi) is 3.82. The van der Waals surface area contributed by atoms with Crippen LogP contribution in [0.15, 0.2) is 12.1 Å². The third-order valence-corrected chi connectivity index (χ3v) is 6.19. The molecule has 3 nitrogen and oxygen atoms in total. The van der Waals surface area contributed by atoms with Crippen molar-refractivity contribution in [3.8, 4) is 0 Å².